The van der Waals surface area contributed by atoms with Crippen LogP contribution in [0.25, 0.3) is 11.0 Å². The lowest BCUT2D eigenvalue weighted by atomic mass is 10.1. The molecule has 0 fully saturated rings. The van der Waals surface area contributed by atoms with Crippen LogP contribution in [0.5, 0.6) is 0 Å². The second-order valence-electron chi connectivity index (χ2n) is 3.80. The van der Waals surface area contributed by atoms with E-state index in [9.17, 15) is 4.79 Å². The number of nitrogens with two attached hydrogens (primary N) is 1. The third-order valence-electron chi connectivity index (χ3n) is 2.50. The molecular weight excluding hydrogens is 218 g/mol. The Labute approximate surface area is 99.3 Å². The molecule has 0 amide bonds. The fraction of sp³-hybridized carbons (Fsp3) is 0.308. The molecule has 17 heavy (non-hydrogen) atoms. The van der Waals surface area contributed by atoms with Gasteiger partial charge in [0.05, 0.1) is 19.1 Å². The van der Waals surface area contributed by atoms with Gasteiger partial charge in [0.1, 0.15) is 11.3 Å². The van der Waals surface area contributed by atoms with Gasteiger partial charge in [-0.25, -0.2) is 0 Å². The SMILES string of the molecule is CCOC(=O)C[C@H](N)c1cc2ccccc2o1. The van der Waals surface area contributed by atoms with Crippen molar-refractivity contribution in [2.24, 2.45) is 5.73 Å². The van der Waals surface area contributed by atoms with E-state index in [4.69, 9.17) is 14.9 Å². The van der Waals surface area contributed by atoms with Gasteiger partial charge < -0.3 is 14.9 Å². The molecule has 2 rings (SSSR count). The fourth-order valence-electron chi connectivity index (χ4n) is 1.69. The molecular formula is C13H15NO3. The summed E-state index contributed by atoms with van der Waals surface area (Å²) >= 11 is 0. The van der Waals surface area contributed by atoms with Crippen LogP contribution in [0.3, 0.4) is 0 Å². The molecule has 2 aromatic rings. The molecule has 90 valence electrons. The van der Waals surface area contributed by atoms with Crippen molar-refractivity contribution in [1.82, 2.24) is 0 Å². The second kappa shape index (κ2) is 5.01. The molecule has 4 heteroatoms. The largest absolute Gasteiger partial charge is 0.466 e. The Kier molecular flexibility index (Phi) is 3.44. The molecule has 1 aromatic carbocycles. The first-order valence-electron chi connectivity index (χ1n) is 5.60. The maximum absolute atomic E-state index is 11.3. The quantitative estimate of drug-likeness (QED) is 0.823. The lowest BCUT2D eigenvalue weighted by Crippen LogP contribution is -2.16. The van der Waals surface area contributed by atoms with Crippen molar-refractivity contribution >= 4 is 16.9 Å². The summed E-state index contributed by atoms with van der Waals surface area (Å²) in [6.07, 6.45) is 0.133. The zero-order valence-electron chi connectivity index (χ0n) is 9.68. The molecule has 0 radical (unpaired) electrons. The number of esters is 1. The highest BCUT2D eigenvalue weighted by atomic mass is 16.5. The van der Waals surface area contributed by atoms with Crippen LogP contribution in [0.15, 0.2) is 34.7 Å². The van der Waals surface area contributed by atoms with Gasteiger partial charge >= 0.3 is 5.97 Å². The van der Waals surface area contributed by atoms with Crippen molar-refractivity contribution < 1.29 is 13.9 Å². The molecule has 0 aliphatic carbocycles. The summed E-state index contributed by atoms with van der Waals surface area (Å²) in [5.74, 6) is 0.305. The Morgan fingerprint density at radius 2 is 2.24 bits per heavy atom. The van der Waals surface area contributed by atoms with Crippen LogP contribution in [-0.4, -0.2) is 12.6 Å². The molecule has 0 saturated carbocycles. The van der Waals surface area contributed by atoms with Crippen molar-refractivity contribution in [2.45, 2.75) is 19.4 Å². The van der Waals surface area contributed by atoms with Crippen LogP contribution in [0.2, 0.25) is 0 Å². The number of carbonyl (C=O) groups is 1. The average Bonchev–Trinajstić information content (AvgIpc) is 2.72. The minimum atomic E-state index is -0.457. The van der Waals surface area contributed by atoms with Gasteiger partial charge in [0, 0.05) is 5.39 Å². The van der Waals surface area contributed by atoms with E-state index in [1.807, 2.05) is 30.3 Å². The predicted molar refractivity (Wildman–Crippen MR) is 64.4 cm³/mol. The van der Waals surface area contributed by atoms with Gasteiger partial charge in [-0.1, -0.05) is 18.2 Å². The summed E-state index contributed by atoms with van der Waals surface area (Å²) in [5.41, 5.74) is 6.67. The van der Waals surface area contributed by atoms with E-state index in [1.165, 1.54) is 0 Å². The van der Waals surface area contributed by atoms with Crippen LogP contribution in [-0.2, 0) is 9.53 Å². The lowest BCUT2D eigenvalue weighted by molar-refractivity contribution is -0.143. The Balaban J connectivity index is 2.13. The highest BCUT2D eigenvalue weighted by Gasteiger charge is 2.16. The zero-order chi connectivity index (χ0) is 12.3. The Hall–Kier alpha value is -1.81. The first-order chi connectivity index (χ1) is 8.20. The summed E-state index contributed by atoms with van der Waals surface area (Å²) < 4.78 is 10.4. The van der Waals surface area contributed by atoms with Crippen molar-refractivity contribution in [2.75, 3.05) is 6.61 Å². The normalized spacial score (nSPS) is 12.6. The Morgan fingerprint density at radius 3 is 2.94 bits per heavy atom. The van der Waals surface area contributed by atoms with Crippen molar-refractivity contribution in [3.05, 3.63) is 36.1 Å². The second-order valence-corrected chi connectivity index (χ2v) is 3.80. The summed E-state index contributed by atoms with van der Waals surface area (Å²) in [4.78, 5) is 11.3. The molecule has 2 N–H and O–H groups in total. The smallest absolute Gasteiger partial charge is 0.307 e. The number of fused-ring (bicyclic) bond motifs is 1. The van der Waals surface area contributed by atoms with Crippen LogP contribution in [0.4, 0.5) is 0 Å². The predicted octanol–water partition coefficient (Wildman–Crippen LogP) is 2.39. The molecule has 1 atom stereocenters. The van der Waals surface area contributed by atoms with Gasteiger partial charge in [-0.2, -0.15) is 0 Å². The van der Waals surface area contributed by atoms with E-state index >= 15 is 0 Å². The van der Waals surface area contributed by atoms with Crippen LogP contribution in [0.1, 0.15) is 25.1 Å². The van der Waals surface area contributed by atoms with E-state index < -0.39 is 6.04 Å². The molecule has 4 nitrogen and oxygen atoms in total. The first kappa shape index (κ1) is 11.7. The molecule has 0 saturated heterocycles. The molecule has 0 aliphatic heterocycles. The highest BCUT2D eigenvalue weighted by molar-refractivity contribution is 5.78. The number of ether oxygens (including phenoxy) is 1. The number of rotatable bonds is 4. The average molecular weight is 233 g/mol. The lowest BCUT2D eigenvalue weighted by Gasteiger charge is -2.07. The van der Waals surface area contributed by atoms with Gasteiger partial charge in [0.25, 0.3) is 0 Å². The van der Waals surface area contributed by atoms with E-state index in [2.05, 4.69) is 0 Å². The van der Waals surface area contributed by atoms with Crippen molar-refractivity contribution in [3.63, 3.8) is 0 Å². The standard InChI is InChI=1S/C13H15NO3/c1-2-16-13(15)8-10(14)12-7-9-5-3-4-6-11(9)17-12/h3-7,10H,2,8,14H2,1H3/t10-/m0/s1. The zero-order valence-corrected chi connectivity index (χ0v) is 9.68. The van der Waals surface area contributed by atoms with Gasteiger partial charge in [-0.05, 0) is 19.1 Å². The number of para-hydroxylation sites is 1. The minimum Gasteiger partial charge on any atom is -0.466 e. The molecule has 0 bridgehead atoms. The third-order valence-corrected chi connectivity index (χ3v) is 2.50. The maximum Gasteiger partial charge on any atom is 0.307 e. The van der Waals surface area contributed by atoms with E-state index in [0.29, 0.717) is 12.4 Å². The summed E-state index contributed by atoms with van der Waals surface area (Å²) in [5, 5.41) is 0.988. The highest BCUT2D eigenvalue weighted by Crippen LogP contribution is 2.24. The van der Waals surface area contributed by atoms with Gasteiger partial charge in [0.2, 0.25) is 0 Å². The van der Waals surface area contributed by atoms with Crippen LogP contribution < -0.4 is 5.73 Å². The summed E-state index contributed by atoms with van der Waals surface area (Å²) in [6.45, 7) is 2.14. The third kappa shape index (κ3) is 2.65. The van der Waals surface area contributed by atoms with E-state index in [0.717, 1.165) is 11.0 Å². The Bertz CT molecular complexity index is 485. The number of carbonyl (C=O) groups excluding carboxylic acids is 1. The maximum atomic E-state index is 11.3. The van der Waals surface area contributed by atoms with Crippen LogP contribution >= 0.6 is 0 Å². The molecule has 0 spiro atoms. The van der Waals surface area contributed by atoms with Crippen molar-refractivity contribution in [1.29, 1.82) is 0 Å². The number of benzene rings is 1. The molecule has 0 aliphatic rings. The minimum absolute atomic E-state index is 0.133. The fourth-order valence-corrected chi connectivity index (χ4v) is 1.69. The van der Waals surface area contributed by atoms with Crippen molar-refractivity contribution in [3.8, 4) is 0 Å². The van der Waals surface area contributed by atoms with Gasteiger partial charge in [0.15, 0.2) is 0 Å². The van der Waals surface area contributed by atoms with E-state index in [-0.39, 0.29) is 12.4 Å². The van der Waals surface area contributed by atoms with Crippen LogP contribution in [0, 0.1) is 0 Å². The number of furan rings is 1. The molecule has 1 aromatic heterocycles. The summed E-state index contributed by atoms with van der Waals surface area (Å²) in [7, 11) is 0. The molecule has 1 heterocycles. The Morgan fingerprint density at radius 1 is 1.47 bits per heavy atom. The molecule has 0 unspecified atom stereocenters. The van der Waals surface area contributed by atoms with Gasteiger partial charge in [-0.3, -0.25) is 4.79 Å². The van der Waals surface area contributed by atoms with E-state index in [1.54, 1.807) is 6.92 Å². The topological polar surface area (TPSA) is 65.5 Å². The summed E-state index contributed by atoms with van der Waals surface area (Å²) in [6, 6.07) is 9.04. The van der Waals surface area contributed by atoms with Gasteiger partial charge in [-0.15, -0.1) is 0 Å². The number of hydrogen-bond acceptors (Lipinski definition) is 4. The monoisotopic (exact) mass is 233 g/mol. The first-order valence-corrected chi connectivity index (χ1v) is 5.60. The number of hydrogen-bond donors (Lipinski definition) is 1.